The van der Waals surface area contributed by atoms with Gasteiger partial charge in [-0.2, -0.15) is 0 Å². The third kappa shape index (κ3) is 5.71. The van der Waals surface area contributed by atoms with Crippen LogP contribution in [0.2, 0.25) is 0 Å². The van der Waals surface area contributed by atoms with Crippen LogP contribution in [0, 0.1) is 0 Å². The number of benzene rings is 1. The monoisotopic (exact) mass is 460 g/mol. The highest BCUT2D eigenvalue weighted by molar-refractivity contribution is 5.86. The Labute approximate surface area is 191 Å². The molecule has 0 bridgehead atoms. The zero-order chi connectivity index (χ0) is 19.7. The molecule has 0 saturated carbocycles. The van der Waals surface area contributed by atoms with E-state index in [0.717, 1.165) is 70.2 Å². The summed E-state index contributed by atoms with van der Waals surface area (Å²) in [6, 6.07) is 6.67. The highest BCUT2D eigenvalue weighted by Gasteiger charge is 2.34. The molecule has 2 saturated heterocycles. The zero-order valence-electron chi connectivity index (χ0n) is 17.8. The van der Waals surface area contributed by atoms with Crippen molar-refractivity contribution < 1.29 is 14.3 Å². The standard InChI is InChI=1S/C21H32N4O3.2ClH/c1-21(2,22)20(26)25-7-3-4-17(14-25)24-10-8-23(9-11-24)13-16-5-6-18-19(12-16)28-15-27-18;;/h5-6,12,17H,3-4,7-11,13-15,22H2,1-2H3;2*1H. The molecule has 170 valence electrons. The predicted molar refractivity (Wildman–Crippen MR) is 122 cm³/mol. The minimum atomic E-state index is -0.787. The van der Waals surface area contributed by atoms with Gasteiger partial charge in [-0.3, -0.25) is 14.6 Å². The van der Waals surface area contributed by atoms with E-state index >= 15 is 0 Å². The molecular weight excluding hydrogens is 427 g/mol. The first kappa shape index (κ1) is 25.0. The molecule has 0 aromatic heterocycles. The second-order valence-electron chi connectivity index (χ2n) is 8.77. The van der Waals surface area contributed by atoms with Crippen LogP contribution in [0.5, 0.6) is 11.5 Å². The van der Waals surface area contributed by atoms with Crippen molar-refractivity contribution in [3.05, 3.63) is 23.8 Å². The van der Waals surface area contributed by atoms with E-state index in [9.17, 15) is 4.79 Å². The number of ether oxygens (including phenoxy) is 2. The summed E-state index contributed by atoms with van der Waals surface area (Å²) in [5.74, 6) is 1.76. The molecule has 9 heteroatoms. The Morgan fingerprint density at radius 2 is 1.80 bits per heavy atom. The maximum absolute atomic E-state index is 12.5. The number of carbonyl (C=O) groups is 1. The average Bonchev–Trinajstić information content (AvgIpc) is 3.15. The van der Waals surface area contributed by atoms with Gasteiger partial charge in [-0.15, -0.1) is 24.8 Å². The molecule has 0 aliphatic carbocycles. The largest absolute Gasteiger partial charge is 0.454 e. The molecule has 1 amide bonds. The van der Waals surface area contributed by atoms with Crippen LogP contribution >= 0.6 is 24.8 Å². The lowest BCUT2D eigenvalue weighted by molar-refractivity contribution is -0.138. The molecular formula is C21H34Cl2N4O3. The highest BCUT2D eigenvalue weighted by atomic mass is 35.5. The number of amides is 1. The molecule has 2 fully saturated rings. The number of hydrogen-bond acceptors (Lipinski definition) is 6. The number of halogens is 2. The topological polar surface area (TPSA) is 71.3 Å². The van der Waals surface area contributed by atoms with Crippen molar-refractivity contribution in [3.8, 4) is 11.5 Å². The van der Waals surface area contributed by atoms with Gasteiger partial charge in [0.1, 0.15) is 0 Å². The Morgan fingerprint density at radius 1 is 1.10 bits per heavy atom. The lowest BCUT2D eigenvalue weighted by Crippen LogP contribution is -2.59. The Kier molecular flexibility index (Phi) is 8.65. The molecule has 3 aliphatic rings. The van der Waals surface area contributed by atoms with Crippen molar-refractivity contribution in [1.82, 2.24) is 14.7 Å². The molecule has 3 heterocycles. The number of nitrogens with zero attached hydrogens (tertiary/aromatic N) is 3. The van der Waals surface area contributed by atoms with E-state index in [1.807, 2.05) is 11.0 Å². The van der Waals surface area contributed by atoms with E-state index in [1.165, 1.54) is 5.56 Å². The SMILES string of the molecule is CC(C)(N)C(=O)N1CCCC(N2CCN(Cc3ccc4c(c3)OCO4)CC2)C1.Cl.Cl. The molecule has 3 aliphatic heterocycles. The number of piperidine rings is 1. The van der Waals surface area contributed by atoms with E-state index < -0.39 is 5.54 Å². The first-order chi connectivity index (χ1) is 13.4. The number of piperazine rings is 1. The zero-order valence-corrected chi connectivity index (χ0v) is 19.5. The summed E-state index contributed by atoms with van der Waals surface area (Å²) in [6.07, 6.45) is 2.22. The number of hydrogen-bond donors (Lipinski definition) is 1. The van der Waals surface area contributed by atoms with Crippen molar-refractivity contribution in [2.45, 2.75) is 44.8 Å². The third-order valence-electron chi connectivity index (χ3n) is 6.00. The maximum atomic E-state index is 12.5. The number of likely N-dealkylation sites (tertiary alicyclic amines) is 1. The third-order valence-corrected chi connectivity index (χ3v) is 6.00. The molecule has 2 N–H and O–H groups in total. The van der Waals surface area contributed by atoms with Gasteiger partial charge in [0.25, 0.3) is 0 Å². The van der Waals surface area contributed by atoms with Crippen molar-refractivity contribution >= 4 is 30.7 Å². The number of nitrogens with two attached hydrogens (primary N) is 1. The van der Waals surface area contributed by atoms with E-state index in [4.69, 9.17) is 15.2 Å². The van der Waals surface area contributed by atoms with Crippen molar-refractivity contribution in [3.63, 3.8) is 0 Å². The minimum absolute atomic E-state index is 0. The molecule has 4 rings (SSSR count). The van der Waals surface area contributed by atoms with Crippen LogP contribution in [0.1, 0.15) is 32.3 Å². The molecule has 0 radical (unpaired) electrons. The molecule has 1 aromatic rings. The van der Waals surface area contributed by atoms with Gasteiger partial charge in [0, 0.05) is 51.9 Å². The molecule has 30 heavy (non-hydrogen) atoms. The summed E-state index contributed by atoms with van der Waals surface area (Å²) >= 11 is 0. The van der Waals surface area contributed by atoms with Crippen LogP contribution in [0.15, 0.2) is 18.2 Å². The van der Waals surface area contributed by atoms with Crippen LogP contribution in [0.3, 0.4) is 0 Å². The molecule has 1 atom stereocenters. The van der Waals surface area contributed by atoms with Gasteiger partial charge >= 0.3 is 0 Å². The summed E-state index contributed by atoms with van der Waals surface area (Å²) in [5, 5.41) is 0. The van der Waals surface area contributed by atoms with E-state index in [1.54, 1.807) is 13.8 Å². The fraction of sp³-hybridized carbons (Fsp3) is 0.667. The Hall–Kier alpha value is -1.25. The lowest BCUT2D eigenvalue weighted by Gasteiger charge is -2.44. The van der Waals surface area contributed by atoms with Crippen LogP contribution < -0.4 is 15.2 Å². The van der Waals surface area contributed by atoms with Gasteiger partial charge in [0.05, 0.1) is 5.54 Å². The lowest BCUT2D eigenvalue weighted by atomic mass is 9.99. The van der Waals surface area contributed by atoms with Crippen LogP contribution in [0.4, 0.5) is 0 Å². The second-order valence-corrected chi connectivity index (χ2v) is 8.77. The summed E-state index contributed by atoms with van der Waals surface area (Å²) in [5.41, 5.74) is 6.51. The molecule has 1 aromatic carbocycles. The summed E-state index contributed by atoms with van der Waals surface area (Å²) in [4.78, 5) is 19.5. The highest BCUT2D eigenvalue weighted by Crippen LogP contribution is 2.33. The molecule has 1 unspecified atom stereocenters. The first-order valence-corrected chi connectivity index (χ1v) is 10.3. The fourth-order valence-electron chi connectivity index (χ4n) is 4.43. The second kappa shape index (κ2) is 10.4. The maximum Gasteiger partial charge on any atom is 0.242 e. The van der Waals surface area contributed by atoms with Crippen LogP contribution in [0.25, 0.3) is 0 Å². The van der Waals surface area contributed by atoms with Crippen molar-refractivity contribution in [2.24, 2.45) is 5.73 Å². The Bertz CT molecular complexity index is 721. The van der Waals surface area contributed by atoms with Crippen LogP contribution in [-0.4, -0.2) is 78.2 Å². The summed E-state index contributed by atoms with van der Waals surface area (Å²) < 4.78 is 10.9. The number of carbonyl (C=O) groups excluding carboxylic acids is 1. The van der Waals surface area contributed by atoms with E-state index in [2.05, 4.69) is 21.9 Å². The van der Waals surface area contributed by atoms with Gasteiger partial charge in [-0.1, -0.05) is 6.07 Å². The molecule has 0 spiro atoms. The van der Waals surface area contributed by atoms with E-state index in [0.29, 0.717) is 12.8 Å². The van der Waals surface area contributed by atoms with E-state index in [-0.39, 0.29) is 30.7 Å². The Balaban J connectivity index is 0.00000160. The van der Waals surface area contributed by atoms with Gasteiger partial charge in [-0.05, 0) is 44.4 Å². The van der Waals surface area contributed by atoms with Crippen LogP contribution in [-0.2, 0) is 11.3 Å². The van der Waals surface area contributed by atoms with Crippen molar-refractivity contribution in [1.29, 1.82) is 0 Å². The van der Waals surface area contributed by atoms with Gasteiger partial charge in [0.15, 0.2) is 11.5 Å². The summed E-state index contributed by atoms with van der Waals surface area (Å²) in [6.45, 7) is 10.7. The van der Waals surface area contributed by atoms with Gasteiger partial charge < -0.3 is 20.1 Å². The average molecular weight is 461 g/mol. The number of rotatable bonds is 4. The fourth-order valence-corrected chi connectivity index (χ4v) is 4.43. The summed E-state index contributed by atoms with van der Waals surface area (Å²) in [7, 11) is 0. The predicted octanol–water partition coefficient (Wildman–Crippen LogP) is 2.10. The minimum Gasteiger partial charge on any atom is -0.454 e. The van der Waals surface area contributed by atoms with Gasteiger partial charge in [0.2, 0.25) is 12.7 Å². The molecule has 7 nitrogen and oxygen atoms in total. The van der Waals surface area contributed by atoms with Crippen molar-refractivity contribution in [2.75, 3.05) is 46.1 Å². The quantitative estimate of drug-likeness (QED) is 0.741. The first-order valence-electron chi connectivity index (χ1n) is 10.3. The number of fused-ring (bicyclic) bond motifs is 1. The smallest absolute Gasteiger partial charge is 0.242 e. The van der Waals surface area contributed by atoms with Gasteiger partial charge in [-0.25, -0.2) is 0 Å². The normalized spacial score (nSPS) is 22.2. The Morgan fingerprint density at radius 3 is 2.50 bits per heavy atom.